The molecule has 0 aromatic rings. The van der Waals surface area contributed by atoms with Gasteiger partial charge < -0.3 is 15.0 Å². The maximum Gasteiger partial charge on any atom is 0.306 e. The fourth-order valence-electron chi connectivity index (χ4n) is 2.22. The van der Waals surface area contributed by atoms with E-state index in [-0.39, 0.29) is 5.97 Å². The zero-order valence-electron chi connectivity index (χ0n) is 10.5. The molecule has 0 aromatic carbocycles. The Morgan fingerprint density at radius 1 is 1.56 bits per heavy atom. The van der Waals surface area contributed by atoms with Gasteiger partial charge in [0, 0.05) is 13.1 Å². The van der Waals surface area contributed by atoms with Crippen molar-refractivity contribution < 1.29 is 9.53 Å². The molecule has 1 unspecified atom stereocenters. The third-order valence-electron chi connectivity index (χ3n) is 3.15. The highest BCUT2D eigenvalue weighted by atomic mass is 16.5. The number of likely N-dealkylation sites (tertiary alicyclic amines) is 1. The van der Waals surface area contributed by atoms with Gasteiger partial charge in [-0.1, -0.05) is 6.92 Å². The lowest BCUT2D eigenvalue weighted by Gasteiger charge is -2.32. The summed E-state index contributed by atoms with van der Waals surface area (Å²) in [5.41, 5.74) is 0. The summed E-state index contributed by atoms with van der Waals surface area (Å²) in [6.45, 7) is 7.36. The SMILES string of the molecule is CCNCC1CCCN(CCC(=O)OC)C1. The fraction of sp³-hybridized carbons (Fsp3) is 0.917. The summed E-state index contributed by atoms with van der Waals surface area (Å²) in [7, 11) is 1.45. The van der Waals surface area contributed by atoms with Crippen molar-refractivity contribution in [3.63, 3.8) is 0 Å². The topological polar surface area (TPSA) is 41.6 Å². The molecule has 1 N–H and O–H groups in total. The van der Waals surface area contributed by atoms with Crippen molar-refractivity contribution in [2.75, 3.05) is 39.8 Å². The molecule has 16 heavy (non-hydrogen) atoms. The molecule has 1 heterocycles. The lowest BCUT2D eigenvalue weighted by molar-refractivity contribution is -0.141. The van der Waals surface area contributed by atoms with Gasteiger partial charge in [0.05, 0.1) is 13.5 Å². The summed E-state index contributed by atoms with van der Waals surface area (Å²) >= 11 is 0. The molecule has 1 rings (SSSR count). The number of esters is 1. The van der Waals surface area contributed by atoms with E-state index in [1.165, 1.54) is 20.0 Å². The van der Waals surface area contributed by atoms with Crippen molar-refractivity contribution in [2.45, 2.75) is 26.2 Å². The van der Waals surface area contributed by atoms with Crippen LogP contribution in [0.1, 0.15) is 26.2 Å². The van der Waals surface area contributed by atoms with E-state index in [0.29, 0.717) is 6.42 Å². The van der Waals surface area contributed by atoms with Crippen LogP contribution < -0.4 is 5.32 Å². The minimum absolute atomic E-state index is 0.103. The Balaban J connectivity index is 2.19. The molecule has 1 saturated heterocycles. The van der Waals surface area contributed by atoms with Crippen LogP contribution in [0.3, 0.4) is 0 Å². The van der Waals surface area contributed by atoms with Crippen LogP contribution in [-0.4, -0.2) is 50.7 Å². The molecule has 0 aliphatic carbocycles. The van der Waals surface area contributed by atoms with Crippen LogP contribution >= 0.6 is 0 Å². The summed E-state index contributed by atoms with van der Waals surface area (Å²) in [5.74, 6) is 0.639. The molecule has 0 aromatic heterocycles. The van der Waals surface area contributed by atoms with Crippen molar-refractivity contribution in [3.8, 4) is 0 Å². The van der Waals surface area contributed by atoms with Crippen molar-refractivity contribution in [1.29, 1.82) is 0 Å². The molecule has 0 radical (unpaired) electrons. The standard InChI is InChI=1S/C12H24N2O2/c1-3-13-9-11-5-4-7-14(10-11)8-6-12(15)16-2/h11,13H,3-10H2,1-2H3. The lowest BCUT2D eigenvalue weighted by Crippen LogP contribution is -2.40. The number of ether oxygens (including phenoxy) is 1. The second-order valence-electron chi connectivity index (χ2n) is 4.44. The Morgan fingerprint density at radius 2 is 2.38 bits per heavy atom. The highest BCUT2D eigenvalue weighted by molar-refractivity contribution is 5.69. The summed E-state index contributed by atoms with van der Waals surface area (Å²) in [6, 6.07) is 0. The van der Waals surface area contributed by atoms with Crippen LogP contribution in [0, 0.1) is 5.92 Å². The number of nitrogens with one attached hydrogen (secondary N) is 1. The first-order valence-corrected chi connectivity index (χ1v) is 6.26. The van der Waals surface area contributed by atoms with Crippen LogP contribution in [0.25, 0.3) is 0 Å². The minimum atomic E-state index is -0.103. The summed E-state index contributed by atoms with van der Waals surface area (Å²) in [5, 5.41) is 3.40. The molecule has 0 saturated carbocycles. The third kappa shape index (κ3) is 4.94. The van der Waals surface area contributed by atoms with E-state index < -0.39 is 0 Å². The molecular formula is C12H24N2O2. The first kappa shape index (κ1) is 13.5. The first-order chi connectivity index (χ1) is 7.76. The van der Waals surface area contributed by atoms with E-state index in [1.54, 1.807) is 0 Å². The van der Waals surface area contributed by atoms with Gasteiger partial charge in [-0.15, -0.1) is 0 Å². The van der Waals surface area contributed by atoms with Gasteiger partial charge in [-0.05, 0) is 38.4 Å². The van der Waals surface area contributed by atoms with Gasteiger partial charge in [0.2, 0.25) is 0 Å². The zero-order chi connectivity index (χ0) is 11.8. The normalized spacial score (nSPS) is 22.0. The Morgan fingerprint density at radius 3 is 3.06 bits per heavy atom. The summed E-state index contributed by atoms with van der Waals surface area (Å²) in [4.78, 5) is 13.4. The van der Waals surface area contributed by atoms with Gasteiger partial charge in [0.15, 0.2) is 0 Å². The molecule has 0 bridgehead atoms. The fourth-order valence-corrected chi connectivity index (χ4v) is 2.22. The lowest BCUT2D eigenvalue weighted by atomic mass is 9.98. The molecule has 1 atom stereocenters. The monoisotopic (exact) mass is 228 g/mol. The minimum Gasteiger partial charge on any atom is -0.469 e. The van der Waals surface area contributed by atoms with Crippen molar-refractivity contribution in [1.82, 2.24) is 10.2 Å². The zero-order valence-corrected chi connectivity index (χ0v) is 10.5. The van der Waals surface area contributed by atoms with E-state index >= 15 is 0 Å². The predicted octanol–water partition coefficient (Wildman–Crippen LogP) is 0.871. The average molecular weight is 228 g/mol. The number of nitrogens with zero attached hydrogens (tertiary/aromatic N) is 1. The van der Waals surface area contributed by atoms with Gasteiger partial charge in [-0.2, -0.15) is 0 Å². The maximum absolute atomic E-state index is 11.0. The number of carbonyl (C=O) groups is 1. The molecule has 4 nitrogen and oxygen atoms in total. The van der Waals surface area contributed by atoms with E-state index in [0.717, 1.165) is 38.6 Å². The highest BCUT2D eigenvalue weighted by Gasteiger charge is 2.19. The van der Waals surface area contributed by atoms with Gasteiger partial charge in [-0.3, -0.25) is 4.79 Å². The Labute approximate surface area is 98.3 Å². The van der Waals surface area contributed by atoms with E-state index in [4.69, 9.17) is 0 Å². The Kier molecular flexibility index (Phi) is 6.42. The number of rotatable bonds is 6. The molecule has 1 fully saturated rings. The van der Waals surface area contributed by atoms with Gasteiger partial charge >= 0.3 is 5.97 Å². The number of hydrogen-bond acceptors (Lipinski definition) is 4. The number of piperidine rings is 1. The maximum atomic E-state index is 11.0. The van der Waals surface area contributed by atoms with Crippen LogP contribution in [-0.2, 0) is 9.53 Å². The van der Waals surface area contributed by atoms with E-state index in [1.807, 2.05) is 0 Å². The third-order valence-corrected chi connectivity index (χ3v) is 3.15. The molecule has 94 valence electrons. The Bertz CT molecular complexity index is 209. The molecule has 0 amide bonds. The van der Waals surface area contributed by atoms with Gasteiger partial charge in [0.25, 0.3) is 0 Å². The van der Waals surface area contributed by atoms with Crippen molar-refractivity contribution in [3.05, 3.63) is 0 Å². The smallest absolute Gasteiger partial charge is 0.306 e. The number of hydrogen-bond donors (Lipinski definition) is 1. The average Bonchev–Trinajstić information content (AvgIpc) is 2.34. The quantitative estimate of drug-likeness (QED) is 0.685. The molecule has 4 heteroatoms. The van der Waals surface area contributed by atoms with Gasteiger partial charge in [-0.25, -0.2) is 0 Å². The second kappa shape index (κ2) is 7.63. The van der Waals surface area contributed by atoms with Crippen LogP contribution in [0.5, 0.6) is 0 Å². The molecule has 0 spiro atoms. The van der Waals surface area contributed by atoms with E-state index in [2.05, 4.69) is 21.9 Å². The number of carbonyl (C=O) groups excluding carboxylic acids is 1. The summed E-state index contributed by atoms with van der Waals surface area (Å²) in [6.07, 6.45) is 3.07. The van der Waals surface area contributed by atoms with Crippen LogP contribution in [0.2, 0.25) is 0 Å². The summed E-state index contributed by atoms with van der Waals surface area (Å²) < 4.78 is 4.66. The second-order valence-corrected chi connectivity index (χ2v) is 4.44. The van der Waals surface area contributed by atoms with Crippen LogP contribution in [0.15, 0.2) is 0 Å². The van der Waals surface area contributed by atoms with Crippen molar-refractivity contribution >= 4 is 5.97 Å². The van der Waals surface area contributed by atoms with E-state index in [9.17, 15) is 4.79 Å². The first-order valence-electron chi connectivity index (χ1n) is 6.26. The predicted molar refractivity (Wildman–Crippen MR) is 64.3 cm³/mol. The Hall–Kier alpha value is -0.610. The molecule has 1 aliphatic heterocycles. The molecular weight excluding hydrogens is 204 g/mol. The van der Waals surface area contributed by atoms with Crippen molar-refractivity contribution in [2.24, 2.45) is 5.92 Å². The van der Waals surface area contributed by atoms with Crippen LogP contribution in [0.4, 0.5) is 0 Å². The van der Waals surface area contributed by atoms with Gasteiger partial charge in [0.1, 0.15) is 0 Å². The largest absolute Gasteiger partial charge is 0.469 e. The molecule has 1 aliphatic rings. The highest BCUT2D eigenvalue weighted by Crippen LogP contribution is 2.15. The number of methoxy groups -OCH3 is 1.